The zero-order valence-corrected chi connectivity index (χ0v) is 12.0. The molecule has 0 saturated heterocycles. The molecule has 1 aliphatic rings. The monoisotopic (exact) mass is 292 g/mol. The number of ether oxygens (including phenoxy) is 1. The standard InChI is InChI=1S/C9H10O2.BrH.Zn/c1-2-11-9(10)8-6-4-3-5-7-8;;/h3-4,6-7,10H,2H2,1H3;1H;/q;;+2/p-2/b9-8+;;. The van der Waals surface area contributed by atoms with Crippen LogP contribution in [0.3, 0.4) is 0 Å². The van der Waals surface area contributed by atoms with Crippen molar-refractivity contribution in [3.05, 3.63) is 41.6 Å². The summed E-state index contributed by atoms with van der Waals surface area (Å²) in [5, 5.41) is 11.0. The number of hydrogen-bond acceptors (Lipinski definition) is 2. The molecule has 0 aromatic heterocycles. The predicted molar refractivity (Wildman–Crippen MR) is 40.4 cm³/mol. The number of hydrogen-bond donors (Lipinski definition) is 0. The van der Waals surface area contributed by atoms with Gasteiger partial charge in [0.25, 0.3) is 0 Å². The first kappa shape index (κ1) is 15.2. The van der Waals surface area contributed by atoms with Crippen LogP contribution in [-0.4, -0.2) is 6.61 Å². The molecule has 1 aliphatic carbocycles. The summed E-state index contributed by atoms with van der Waals surface area (Å²) in [6.45, 7) is 2.19. The quantitative estimate of drug-likeness (QED) is 0.331. The summed E-state index contributed by atoms with van der Waals surface area (Å²) in [5.74, 6) is -0.288. The molecule has 66 valence electrons. The molecule has 0 atom stereocenters. The van der Waals surface area contributed by atoms with Gasteiger partial charge in [-0.1, -0.05) is 19.1 Å². The fourth-order valence-corrected chi connectivity index (χ4v) is 0.735. The largest absolute Gasteiger partial charge is 2.00 e. The van der Waals surface area contributed by atoms with Gasteiger partial charge >= 0.3 is 19.5 Å². The fraction of sp³-hybridized carbons (Fsp3) is 0.222. The summed E-state index contributed by atoms with van der Waals surface area (Å²) < 4.78 is 4.77. The van der Waals surface area contributed by atoms with Crippen molar-refractivity contribution in [2.24, 2.45) is 0 Å². The van der Waals surface area contributed by atoms with Crippen molar-refractivity contribution in [3.8, 4) is 0 Å². The van der Waals surface area contributed by atoms with Crippen LogP contribution in [0.25, 0.3) is 0 Å². The van der Waals surface area contributed by atoms with Gasteiger partial charge in [0, 0.05) is 5.57 Å². The van der Waals surface area contributed by atoms with Gasteiger partial charge in [-0.25, -0.2) is 0 Å². The molecule has 0 N–H and O–H groups in total. The Morgan fingerprint density at radius 3 is 2.77 bits per heavy atom. The second-order valence-electron chi connectivity index (χ2n) is 2.01. The third kappa shape index (κ3) is 5.10. The molecule has 0 unspecified atom stereocenters. The van der Waals surface area contributed by atoms with Crippen molar-refractivity contribution in [2.45, 2.75) is 6.92 Å². The third-order valence-electron chi connectivity index (χ3n) is 1.22. The first-order valence-electron chi connectivity index (χ1n) is 3.48. The maximum atomic E-state index is 11.0. The van der Waals surface area contributed by atoms with Crippen LogP contribution in [-0.2, 0) is 24.2 Å². The Morgan fingerprint density at radius 2 is 2.31 bits per heavy atom. The summed E-state index contributed by atoms with van der Waals surface area (Å²) in [5.41, 5.74) is 3.35. The van der Waals surface area contributed by atoms with Crippen molar-refractivity contribution in [1.82, 2.24) is 0 Å². The van der Waals surface area contributed by atoms with Gasteiger partial charge < -0.3 is 26.8 Å². The molecule has 13 heavy (non-hydrogen) atoms. The first-order valence-corrected chi connectivity index (χ1v) is 3.48. The minimum absolute atomic E-state index is 0. The predicted octanol–water partition coefficient (Wildman–Crippen LogP) is -2.12. The van der Waals surface area contributed by atoms with E-state index in [2.05, 4.69) is 5.73 Å². The normalized spacial score (nSPS) is 15.8. The van der Waals surface area contributed by atoms with Gasteiger partial charge in [-0.3, -0.25) is 0 Å². The first-order chi connectivity index (χ1) is 5.34. The van der Waals surface area contributed by atoms with Gasteiger partial charge in [0.05, 0.1) is 5.95 Å². The number of halogens is 1. The van der Waals surface area contributed by atoms with Crippen LogP contribution in [0.2, 0.25) is 0 Å². The Bertz CT molecular complexity index is 263. The van der Waals surface area contributed by atoms with E-state index in [0.717, 1.165) is 0 Å². The van der Waals surface area contributed by atoms with Crippen molar-refractivity contribution in [3.63, 3.8) is 0 Å². The molecule has 1 rings (SSSR count). The van der Waals surface area contributed by atoms with Crippen LogP contribution in [0.15, 0.2) is 41.6 Å². The van der Waals surface area contributed by atoms with E-state index >= 15 is 0 Å². The van der Waals surface area contributed by atoms with Crippen molar-refractivity contribution >= 4 is 0 Å². The van der Waals surface area contributed by atoms with E-state index in [1.807, 2.05) is 0 Å². The fourth-order valence-electron chi connectivity index (χ4n) is 0.735. The molecule has 0 radical (unpaired) electrons. The maximum Gasteiger partial charge on any atom is 2.00 e. The average molecular weight is 294 g/mol. The van der Waals surface area contributed by atoms with Gasteiger partial charge in [0.15, 0.2) is 0 Å². The molecular weight excluding hydrogens is 285 g/mol. The van der Waals surface area contributed by atoms with E-state index < -0.39 is 0 Å². The topological polar surface area (TPSA) is 32.3 Å². The van der Waals surface area contributed by atoms with E-state index in [4.69, 9.17) is 4.74 Å². The van der Waals surface area contributed by atoms with Crippen molar-refractivity contribution in [1.29, 1.82) is 0 Å². The van der Waals surface area contributed by atoms with E-state index in [1.165, 1.54) is 0 Å². The summed E-state index contributed by atoms with van der Waals surface area (Å²) >= 11 is 0. The molecule has 0 aromatic rings. The van der Waals surface area contributed by atoms with Gasteiger partial charge in [0.1, 0.15) is 0 Å². The Hall–Kier alpha value is -0.297. The van der Waals surface area contributed by atoms with Crippen LogP contribution < -0.4 is 22.1 Å². The van der Waals surface area contributed by atoms with Crippen LogP contribution in [0.1, 0.15) is 6.92 Å². The summed E-state index contributed by atoms with van der Waals surface area (Å²) in [4.78, 5) is 0. The molecule has 0 heterocycles. The Labute approximate surface area is 101 Å². The van der Waals surface area contributed by atoms with Gasteiger partial charge in [-0.15, -0.1) is 5.73 Å². The zero-order valence-electron chi connectivity index (χ0n) is 7.42. The minimum atomic E-state index is -0.288. The number of allylic oxidation sites excluding steroid dienone is 4. The molecule has 0 fully saturated rings. The van der Waals surface area contributed by atoms with Crippen molar-refractivity contribution < 1.29 is 46.3 Å². The summed E-state index contributed by atoms with van der Waals surface area (Å²) in [6.07, 6.45) is 6.81. The number of rotatable bonds is 2. The molecule has 0 aliphatic heterocycles. The molecular formula is C9H9BrO2Zn. The molecule has 2 nitrogen and oxygen atoms in total. The third-order valence-corrected chi connectivity index (χ3v) is 1.22. The second-order valence-corrected chi connectivity index (χ2v) is 2.01. The van der Waals surface area contributed by atoms with Gasteiger partial charge in [-0.2, -0.15) is 0 Å². The van der Waals surface area contributed by atoms with Gasteiger partial charge in [-0.05, 0) is 18.8 Å². The smallest absolute Gasteiger partial charge is 1.00 e. The van der Waals surface area contributed by atoms with Gasteiger partial charge in [0.2, 0.25) is 0 Å². The summed E-state index contributed by atoms with van der Waals surface area (Å²) in [6, 6.07) is 0. The van der Waals surface area contributed by atoms with E-state index in [-0.39, 0.29) is 42.4 Å². The molecule has 0 spiro atoms. The van der Waals surface area contributed by atoms with Crippen LogP contribution in [0, 0.1) is 0 Å². The summed E-state index contributed by atoms with van der Waals surface area (Å²) in [7, 11) is 0. The second kappa shape index (κ2) is 8.31. The molecule has 0 bridgehead atoms. The Kier molecular flexibility index (Phi) is 9.71. The van der Waals surface area contributed by atoms with Crippen LogP contribution >= 0.6 is 0 Å². The van der Waals surface area contributed by atoms with Crippen LogP contribution in [0.4, 0.5) is 0 Å². The van der Waals surface area contributed by atoms with E-state index in [1.54, 1.807) is 31.2 Å². The minimum Gasteiger partial charge on any atom is -1.00 e. The zero-order chi connectivity index (χ0) is 8.10. The van der Waals surface area contributed by atoms with E-state index in [9.17, 15) is 5.11 Å². The Morgan fingerprint density at radius 1 is 1.62 bits per heavy atom. The van der Waals surface area contributed by atoms with Crippen LogP contribution in [0.5, 0.6) is 0 Å². The molecule has 0 saturated carbocycles. The molecule has 0 amide bonds. The SMILES string of the molecule is CCO/C([O-])=C1/C=C=CC=C1.[Br-].[Zn+2]. The Balaban J connectivity index is 0. The molecule has 0 aromatic carbocycles. The maximum absolute atomic E-state index is 11.0. The molecule has 4 heteroatoms. The van der Waals surface area contributed by atoms with E-state index in [0.29, 0.717) is 12.2 Å². The average Bonchev–Trinajstić information content (AvgIpc) is 2.07. The van der Waals surface area contributed by atoms with Crippen molar-refractivity contribution in [2.75, 3.05) is 6.61 Å².